The van der Waals surface area contributed by atoms with E-state index in [1.807, 2.05) is 6.92 Å². The van der Waals surface area contributed by atoms with E-state index in [0.717, 1.165) is 0 Å². The van der Waals surface area contributed by atoms with E-state index in [1.54, 1.807) is 6.07 Å². The van der Waals surface area contributed by atoms with E-state index in [4.69, 9.17) is 5.73 Å². The maximum absolute atomic E-state index is 12.4. The van der Waals surface area contributed by atoms with Crippen LogP contribution in [0.4, 0.5) is 13.2 Å². The number of halogens is 3. The van der Waals surface area contributed by atoms with Gasteiger partial charge in [0, 0.05) is 24.2 Å². The van der Waals surface area contributed by atoms with Crippen molar-refractivity contribution >= 4 is 17.9 Å². The van der Waals surface area contributed by atoms with Crippen LogP contribution in [0.2, 0.25) is 0 Å². The second-order valence-corrected chi connectivity index (χ2v) is 5.94. The van der Waals surface area contributed by atoms with Crippen LogP contribution >= 0.6 is 0 Å². The van der Waals surface area contributed by atoms with Gasteiger partial charge in [-0.1, -0.05) is 18.2 Å². The largest absolute Gasteiger partial charge is 0.573 e. The summed E-state index contributed by atoms with van der Waals surface area (Å²) in [6, 6.07) is 5.46. The predicted molar refractivity (Wildman–Crippen MR) is 85.3 cm³/mol. The highest BCUT2D eigenvalue weighted by Gasteiger charge is 2.32. The van der Waals surface area contributed by atoms with Gasteiger partial charge in [-0.2, -0.15) is 0 Å². The Hall–Kier alpha value is -2.51. The summed E-state index contributed by atoms with van der Waals surface area (Å²) < 4.78 is 41.2. The van der Waals surface area contributed by atoms with Gasteiger partial charge in [0.25, 0.3) is 0 Å². The molecule has 0 spiro atoms. The number of benzene rings is 1. The number of likely N-dealkylation sites (tertiary alicyclic amines) is 1. The van der Waals surface area contributed by atoms with Crippen molar-refractivity contribution in [3.63, 3.8) is 0 Å². The van der Waals surface area contributed by atoms with Crippen molar-refractivity contribution in [3.8, 4) is 5.75 Å². The maximum atomic E-state index is 12.4. The third kappa shape index (κ3) is 5.23. The number of piperidine rings is 1. The molecule has 1 aromatic rings. The standard InChI is InChI=1S/C17H19F3N2O3/c1-11-6-7-13(16(21)24)10-22(11)15(23)9-8-12-4-2-3-5-14(12)25-17(18,19)20/h2-5,8-9,11,13H,6-7,10H2,1H3,(H2,21,24)/b9-8+. The molecular formula is C17H19F3N2O3. The molecule has 0 aliphatic carbocycles. The van der Waals surface area contributed by atoms with Crippen molar-refractivity contribution in [1.82, 2.24) is 4.90 Å². The lowest BCUT2D eigenvalue weighted by molar-refractivity contribution is -0.274. The van der Waals surface area contributed by atoms with Crippen molar-refractivity contribution in [2.75, 3.05) is 6.54 Å². The predicted octanol–water partition coefficient (Wildman–Crippen LogP) is 2.71. The minimum absolute atomic E-state index is 0.0746. The van der Waals surface area contributed by atoms with Crippen LogP contribution in [0.3, 0.4) is 0 Å². The van der Waals surface area contributed by atoms with E-state index in [2.05, 4.69) is 4.74 Å². The fourth-order valence-electron chi connectivity index (χ4n) is 2.74. The Kier molecular flexibility index (Phi) is 5.71. The van der Waals surface area contributed by atoms with Crippen LogP contribution in [0.5, 0.6) is 5.75 Å². The molecular weight excluding hydrogens is 337 g/mol. The third-order valence-electron chi connectivity index (χ3n) is 4.12. The second kappa shape index (κ2) is 7.58. The van der Waals surface area contributed by atoms with Gasteiger partial charge < -0.3 is 15.4 Å². The van der Waals surface area contributed by atoms with E-state index in [1.165, 1.54) is 35.3 Å². The normalized spacial score (nSPS) is 21.4. The SMILES string of the molecule is CC1CCC(C(N)=O)CN1C(=O)/C=C/c1ccccc1OC(F)(F)F. The number of para-hydroxylation sites is 1. The summed E-state index contributed by atoms with van der Waals surface area (Å²) in [6.07, 6.45) is -1.11. The third-order valence-corrected chi connectivity index (χ3v) is 4.12. The van der Waals surface area contributed by atoms with Crippen molar-refractivity contribution in [1.29, 1.82) is 0 Å². The summed E-state index contributed by atoms with van der Waals surface area (Å²) in [6.45, 7) is 2.06. The summed E-state index contributed by atoms with van der Waals surface area (Å²) in [5, 5.41) is 0. The smallest absolute Gasteiger partial charge is 0.405 e. The van der Waals surface area contributed by atoms with Crippen LogP contribution in [0.1, 0.15) is 25.3 Å². The fraction of sp³-hybridized carbons (Fsp3) is 0.412. The molecule has 0 aromatic heterocycles. The Balaban J connectivity index is 2.13. The lowest BCUT2D eigenvalue weighted by Gasteiger charge is -2.36. The maximum Gasteiger partial charge on any atom is 0.573 e. The molecule has 8 heteroatoms. The summed E-state index contributed by atoms with van der Waals surface area (Å²) in [7, 11) is 0. The zero-order valence-electron chi connectivity index (χ0n) is 13.6. The van der Waals surface area contributed by atoms with Gasteiger partial charge in [-0.15, -0.1) is 13.2 Å². The topological polar surface area (TPSA) is 72.6 Å². The molecule has 1 saturated heterocycles. The van der Waals surface area contributed by atoms with E-state index >= 15 is 0 Å². The van der Waals surface area contributed by atoms with Crippen LogP contribution in [0.25, 0.3) is 6.08 Å². The number of alkyl halides is 3. The lowest BCUT2D eigenvalue weighted by atomic mass is 9.93. The molecule has 1 aliphatic rings. The van der Waals surface area contributed by atoms with Gasteiger partial charge in [0.05, 0.1) is 5.92 Å². The van der Waals surface area contributed by atoms with Gasteiger partial charge in [-0.25, -0.2) is 0 Å². The fourth-order valence-corrected chi connectivity index (χ4v) is 2.74. The molecule has 2 N–H and O–H groups in total. The molecule has 1 fully saturated rings. The zero-order chi connectivity index (χ0) is 18.6. The Morgan fingerprint density at radius 3 is 2.60 bits per heavy atom. The molecule has 5 nitrogen and oxygen atoms in total. The number of primary amides is 1. The van der Waals surface area contributed by atoms with Gasteiger partial charge in [-0.05, 0) is 31.9 Å². The Labute approximate surface area is 143 Å². The minimum Gasteiger partial charge on any atom is -0.405 e. The van der Waals surface area contributed by atoms with Crippen LogP contribution in [-0.2, 0) is 9.59 Å². The molecule has 2 rings (SSSR count). The Morgan fingerprint density at radius 2 is 1.96 bits per heavy atom. The van der Waals surface area contributed by atoms with Crippen LogP contribution in [0, 0.1) is 5.92 Å². The summed E-state index contributed by atoms with van der Waals surface area (Å²) in [5.74, 6) is -1.65. The first kappa shape index (κ1) is 18.8. The van der Waals surface area contributed by atoms with Gasteiger partial charge >= 0.3 is 6.36 Å². The highest BCUT2D eigenvalue weighted by molar-refractivity contribution is 5.93. The van der Waals surface area contributed by atoms with Crippen LogP contribution in [-0.4, -0.2) is 35.7 Å². The van der Waals surface area contributed by atoms with Crippen molar-refractivity contribution in [2.45, 2.75) is 32.2 Å². The molecule has 2 atom stereocenters. The Morgan fingerprint density at radius 1 is 1.28 bits per heavy atom. The molecule has 0 radical (unpaired) electrons. The summed E-state index contributed by atoms with van der Waals surface area (Å²) in [5.41, 5.74) is 5.43. The van der Waals surface area contributed by atoms with Gasteiger partial charge in [0.2, 0.25) is 11.8 Å². The average Bonchev–Trinajstić information content (AvgIpc) is 2.52. The minimum atomic E-state index is -4.82. The number of carbonyl (C=O) groups is 2. The van der Waals surface area contributed by atoms with Gasteiger partial charge in [-0.3, -0.25) is 9.59 Å². The zero-order valence-corrected chi connectivity index (χ0v) is 13.6. The molecule has 2 unspecified atom stereocenters. The highest BCUT2D eigenvalue weighted by Crippen LogP contribution is 2.27. The monoisotopic (exact) mass is 356 g/mol. The molecule has 136 valence electrons. The van der Waals surface area contributed by atoms with Crippen LogP contribution in [0.15, 0.2) is 30.3 Å². The summed E-state index contributed by atoms with van der Waals surface area (Å²) >= 11 is 0. The molecule has 25 heavy (non-hydrogen) atoms. The summed E-state index contributed by atoms with van der Waals surface area (Å²) in [4.78, 5) is 25.2. The first-order valence-electron chi connectivity index (χ1n) is 7.80. The first-order chi connectivity index (χ1) is 11.7. The highest BCUT2D eigenvalue weighted by atomic mass is 19.4. The van der Waals surface area contributed by atoms with Gasteiger partial charge in [0.15, 0.2) is 0 Å². The van der Waals surface area contributed by atoms with Crippen LogP contribution < -0.4 is 10.5 Å². The number of ether oxygens (including phenoxy) is 1. The van der Waals surface area contributed by atoms with E-state index < -0.39 is 18.2 Å². The van der Waals surface area contributed by atoms with E-state index in [-0.39, 0.29) is 29.8 Å². The van der Waals surface area contributed by atoms with E-state index in [0.29, 0.717) is 12.8 Å². The van der Waals surface area contributed by atoms with E-state index in [9.17, 15) is 22.8 Å². The van der Waals surface area contributed by atoms with Crippen molar-refractivity contribution in [2.24, 2.45) is 11.7 Å². The molecule has 0 bridgehead atoms. The lowest BCUT2D eigenvalue weighted by Crippen LogP contribution is -2.48. The second-order valence-electron chi connectivity index (χ2n) is 5.94. The number of nitrogens with zero attached hydrogens (tertiary/aromatic N) is 1. The van der Waals surface area contributed by atoms with Crippen molar-refractivity contribution < 1.29 is 27.5 Å². The molecule has 1 heterocycles. The number of hydrogen-bond donors (Lipinski definition) is 1. The van der Waals surface area contributed by atoms with Crippen molar-refractivity contribution in [3.05, 3.63) is 35.9 Å². The molecule has 0 saturated carbocycles. The quantitative estimate of drug-likeness (QED) is 0.843. The number of carbonyl (C=O) groups excluding carboxylic acids is 2. The first-order valence-corrected chi connectivity index (χ1v) is 7.80. The number of amides is 2. The average molecular weight is 356 g/mol. The number of rotatable bonds is 4. The Bertz CT molecular complexity index is 673. The molecule has 1 aromatic carbocycles. The number of hydrogen-bond acceptors (Lipinski definition) is 3. The van der Waals surface area contributed by atoms with Gasteiger partial charge in [0.1, 0.15) is 5.75 Å². The number of nitrogens with two attached hydrogens (primary N) is 1. The molecule has 2 amide bonds. The molecule has 1 aliphatic heterocycles.